The number of hydrogen-bond donors (Lipinski definition) is 1. The first-order valence-electron chi connectivity index (χ1n) is 6.03. The smallest absolute Gasteiger partial charge is 0.228 e. The number of nitrogens with zero attached hydrogens (tertiary/aromatic N) is 2. The van der Waals surface area contributed by atoms with Crippen LogP contribution in [0, 0.1) is 0 Å². The summed E-state index contributed by atoms with van der Waals surface area (Å²) in [5.41, 5.74) is 6.83. The number of hydrogen-bond acceptors (Lipinski definition) is 4. The van der Waals surface area contributed by atoms with Gasteiger partial charge in [0.2, 0.25) is 11.7 Å². The zero-order chi connectivity index (χ0) is 13.0. The van der Waals surface area contributed by atoms with E-state index < -0.39 is 0 Å². The third-order valence-corrected chi connectivity index (χ3v) is 2.92. The normalized spacial score (nSPS) is 12.6. The highest BCUT2D eigenvalue weighted by molar-refractivity contribution is 6.30. The Morgan fingerprint density at radius 1 is 1.33 bits per heavy atom. The lowest BCUT2D eigenvalue weighted by Gasteiger charge is -2.05. The highest BCUT2D eigenvalue weighted by atomic mass is 35.5. The van der Waals surface area contributed by atoms with Crippen LogP contribution >= 0.6 is 11.6 Å². The van der Waals surface area contributed by atoms with Crippen molar-refractivity contribution in [1.82, 2.24) is 10.1 Å². The molecular formula is C13H16ClN3O. The van der Waals surface area contributed by atoms with Crippen LogP contribution in [-0.2, 0) is 6.42 Å². The summed E-state index contributed by atoms with van der Waals surface area (Å²) in [6.07, 6.45) is 2.63. The van der Waals surface area contributed by atoms with Crippen LogP contribution < -0.4 is 5.73 Å². The average molecular weight is 266 g/mol. The lowest BCUT2D eigenvalue weighted by Crippen LogP contribution is -2.22. The fourth-order valence-electron chi connectivity index (χ4n) is 1.75. The minimum absolute atomic E-state index is 0.0773. The van der Waals surface area contributed by atoms with E-state index in [-0.39, 0.29) is 6.04 Å². The lowest BCUT2D eigenvalue weighted by molar-refractivity contribution is 0.366. The van der Waals surface area contributed by atoms with Crippen molar-refractivity contribution >= 4 is 11.6 Å². The number of nitrogens with two attached hydrogens (primary N) is 1. The van der Waals surface area contributed by atoms with Crippen molar-refractivity contribution in [2.75, 3.05) is 0 Å². The van der Waals surface area contributed by atoms with Crippen LogP contribution in [0.5, 0.6) is 0 Å². The number of benzene rings is 1. The molecule has 1 heterocycles. The first kappa shape index (κ1) is 13.1. The SMILES string of the molecule is CCCC(N)Cc1nc(-c2ccc(Cl)cc2)no1. The van der Waals surface area contributed by atoms with Gasteiger partial charge in [-0.15, -0.1) is 0 Å². The fraction of sp³-hybridized carbons (Fsp3) is 0.385. The molecule has 2 N–H and O–H groups in total. The molecule has 0 fully saturated rings. The third kappa shape index (κ3) is 3.31. The fourth-order valence-corrected chi connectivity index (χ4v) is 1.88. The van der Waals surface area contributed by atoms with Crippen LogP contribution in [0.3, 0.4) is 0 Å². The summed E-state index contributed by atoms with van der Waals surface area (Å²) in [7, 11) is 0. The third-order valence-electron chi connectivity index (χ3n) is 2.67. The Kier molecular flexibility index (Phi) is 4.33. The maximum Gasteiger partial charge on any atom is 0.228 e. The summed E-state index contributed by atoms with van der Waals surface area (Å²) in [4.78, 5) is 4.33. The van der Waals surface area contributed by atoms with E-state index in [0.717, 1.165) is 18.4 Å². The number of rotatable bonds is 5. The molecule has 0 bridgehead atoms. The average Bonchev–Trinajstić information content (AvgIpc) is 2.78. The second kappa shape index (κ2) is 5.98. The van der Waals surface area contributed by atoms with E-state index >= 15 is 0 Å². The predicted octanol–water partition coefficient (Wildman–Crippen LogP) is 3.06. The summed E-state index contributed by atoms with van der Waals surface area (Å²) in [5, 5.41) is 4.63. The number of halogens is 1. The molecule has 0 amide bonds. The molecule has 0 aliphatic rings. The Labute approximate surface area is 111 Å². The summed E-state index contributed by atoms with van der Waals surface area (Å²) in [6, 6.07) is 7.41. The van der Waals surface area contributed by atoms with E-state index in [4.69, 9.17) is 21.9 Å². The molecule has 0 aliphatic carbocycles. The van der Waals surface area contributed by atoms with Crippen molar-refractivity contribution in [3.8, 4) is 11.4 Å². The van der Waals surface area contributed by atoms with Gasteiger partial charge in [-0.2, -0.15) is 4.98 Å². The van der Waals surface area contributed by atoms with Crippen molar-refractivity contribution in [1.29, 1.82) is 0 Å². The van der Waals surface area contributed by atoms with Gasteiger partial charge in [-0.25, -0.2) is 0 Å². The zero-order valence-electron chi connectivity index (χ0n) is 10.3. The van der Waals surface area contributed by atoms with Gasteiger partial charge in [0, 0.05) is 23.0 Å². The monoisotopic (exact) mass is 265 g/mol. The van der Waals surface area contributed by atoms with Gasteiger partial charge in [0.15, 0.2) is 0 Å². The molecule has 4 nitrogen and oxygen atoms in total. The van der Waals surface area contributed by atoms with Crippen LogP contribution in [0.25, 0.3) is 11.4 Å². The molecule has 0 radical (unpaired) electrons. The van der Waals surface area contributed by atoms with Crippen molar-refractivity contribution in [2.24, 2.45) is 5.73 Å². The summed E-state index contributed by atoms with van der Waals surface area (Å²) in [6.45, 7) is 2.10. The molecule has 0 saturated carbocycles. The molecule has 18 heavy (non-hydrogen) atoms. The second-order valence-corrected chi connectivity index (χ2v) is 4.71. The first-order chi connectivity index (χ1) is 8.69. The van der Waals surface area contributed by atoms with Crippen LogP contribution in [0.15, 0.2) is 28.8 Å². The van der Waals surface area contributed by atoms with Crippen molar-refractivity contribution in [3.63, 3.8) is 0 Å². The highest BCUT2D eigenvalue weighted by Crippen LogP contribution is 2.19. The van der Waals surface area contributed by atoms with E-state index in [9.17, 15) is 0 Å². The Bertz CT molecular complexity index is 495. The molecule has 1 aromatic heterocycles. The maximum absolute atomic E-state index is 5.94. The maximum atomic E-state index is 5.94. The van der Waals surface area contributed by atoms with Gasteiger partial charge < -0.3 is 10.3 Å². The molecule has 0 aliphatic heterocycles. The summed E-state index contributed by atoms with van der Waals surface area (Å²) in [5.74, 6) is 1.16. The van der Waals surface area contributed by atoms with E-state index in [1.807, 2.05) is 12.1 Å². The van der Waals surface area contributed by atoms with Crippen LogP contribution in [-0.4, -0.2) is 16.2 Å². The van der Waals surface area contributed by atoms with Gasteiger partial charge in [0.25, 0.3) is 0 Å². The van der Waals surface area contributed by atoms with Gasteiger partial charge in [0.1, 0.15) is 0 Å². The number of aromatic nitrogens is 2. The van der Waals surface area contributed by atoms with Gasteiger partial charge in [0.05, 0.1) is 0 Å². The van der Waals surface area contributed by atoms with Crippen molar-refractivity contribution in [2.45, 2.75) is 32.2 Å². The van der Waals surface area contributed by atoms with Crippen molar-refractivity contribution in [3.05, 3.63) is 35.2 Å². The van der Waals surface area contributed by atoms with Crippen LogP contribution in [0.1, 0.15) is 25.7 Å². The Morgan fingerprint density at radius 3 is 2.72 bits per heavy atom. The van der Waals surface area contributed by atoms with Crippen LogP contribution in [0.4, 0.5) is 0 Å². The van der Waals surface area contributed by atoms with E-state index in [1.54, 1.807) is 12.1 Å². The summed E-state index contributed by atoms with van der Waals surface area (Å²) >= 11 is 5.83. The molecule has 1 unspecified atom stereocenters. The van der Waals surface area contributed by atoms with Gasteiger partial charge in [-0.1, -0.05) is 30.1 Å². The van der Waals surface area contributed by atoms with Gasteiger partial charge in [-0.3, -0.25) is 0 Å². The molecular weight excluding hydrogens is 250 g/mol. The molecule has 2 rings (SSSR count). The van der Waals surface area contributed by atoms with E-state index in [2.05, 4.69) is 17.1 Å². The Morgan fingerprint density at radius 2 is 2.06 bits per heavy atom. The largest absolute Gasteiger partial charge is 0.339 e. The molecule has 0 spiro atoms. The Balaban J connectivity index is 2.08. The molecule has 96 valence electrons. The predicted molar refractivity (Wildman–Crippen MR) is 71.3 cm³/mol. The highest BCUT2D eigenvalue weighted by Gasteiger charge is 2.11. The lowest BCUT2D eigenvalue weighted by atomic mass is 10.1. The standard InChI is InChI=1S/C13H16ClN3O/c1-2-3-11(15)8-12-16-13(17-18-12)9-4-6-10(14)7-5-9/h4-7,11H,2-3,8,15H2,1H3. The first-order valence-corrected chi connectivity index (χ1v) is 6.41. The van der Waals surface area contributed by atoms with E-state index in [0.29, 0.717) is 23.2 Å². The second-order valence-electron chi connectivity index (χ2n) is 4.27. The Hall–Kier alpha value is -1.39. The van der Waals surface area contributed by atoms with E-state index in [1.165, 1.54) is 0 Å². The van der Waals surface area contributed by atoms with Crippen LogP contribution in [0.2, 0.25) is 5.02 Å². The minimum Gasteiger partial charge on any atom is -0.339 e. The van der Waals surface area contributed by atoms with Gasteiger partial charge in [-0.05, 0) is 30.7 Å². The minimum atomic E-state index is 0.0773. The van der Waals surface area contributed by atoms with Gasteiger partial charge >= 0.3 is 0 Å². The zero-order valence-corrected chi connectivity index (χ0v) is 11.0. The molecule has 1 aromatic carbocycles. The molecule has 0 saturated heterocycles. The quantitative estimate of drug-likeness (QED) is 0.902. The summed E-state index contributed by atoms with van der Waals surface area (Å²) < 4.78 is 5.19. The molecule has 5 heteroatoms. The van der Waals surface area contributed by atoms with Crippen molar-refractivity contribution < 1.29 is 4.52 Å². The molecule has 1 atom stereocenters. The molecule has 2 aromatic rings. The topological polar surface area (TPSA) is 64.9 Å².